The first kappa shape index (κ1) is 12.2. The molecule has 84 valence electrons. The van der Waals surface area contributed by atoms with E-state index in [1.54, 1.807) is 0 Å². The van der Waals surface area contributed by atoms with Crippen LogP contribution in [0.15, 0.2) is 24.4 Å². The van der Waals surface area contributed by atoms with Gasteiger partial charge in [-0.3, -0.25) is 0 Å². The van der Waals surface area contributed by atoms with Crippen molar-refractivity contribution >= 4 is 0 Å². The fourth-order valence-electron chi connectivity index (χ4n) is 1.62. The van der Waals surface area contributed by atoms with Crippen molar-refractivity contribution in [3.63, 3.8) is 0 Å². The average Bonchev–Trinajstić information content (AvgIpc) is 2.27. The van der Waals surface area contributed by atoms with Crippen LogP contribution in [0.4, 0.5) is 0 Å². The summed E-state index contributed by atoms with van der Waals surface area (Å²) >= 11 is 0. The monoisotopic (exact) mass is 208 g/mol. The highest BCUT2D eigenvalue weighted by molar-refractivity contribution is 4.97. The third-order valence-electron chi connectivity index (χ3n) is 3.20. The topological polar surface area (TPSA) is 3.88 Å². The largest absolute Gasteiger partial charge is 0.328 e. The maximum atomic E-state index is 2.33. The quantitative estimate of drug-likeness (QED) is 0.511. The van der Waals surface area contributed by atoms with Crippen LogP contribution in [0.2, 0.25) is 0 Å². The molecule has 0 saturated carbocycles. The summed E-state index contributed by atoms with van der Waals surface area (Å²) in [5.41, 5.74) is 1.44. The molecule has 2 heteroatoms. The number of nitrogens with zero attached hydrogens (tertiary/aromatic N) is 2. The van der Waals surface area contributed by atoms with Crippen molar-refractivity contribution in [3.05, 3.63) is 30.1 Å². The summed E-state index contributed by atoms with van der Waals surface area (Å²) in [5.74, 6) is 0. The molecule has 0 bridgehead atoms. The molecule has 0 saturated heterocycles. The number of aromatic nitrogens is 1. The third kappa shape index (κ3) is 3.63. The first-order valence-corrected chi connectivity index (χ1v) is 5.88. The van der Waals surface area contributed by atoms with E-state index in [2.05, 4.69) is 56.9 Å². The zero-order chi connectivity index (χ0) is 11.3. The second kappa shape index (κ2) is 5.26. The van der Waals surface area contributed by atoms with Gasteiger partial charge in [0.05, 0.1) is 33.6 Å². The van der Waals surface area contributed by atoms with Gasteiger partial charge in [0.25, 0.3) is 0 Å². The summed E-state index contributed by atoms with van der Waals surface area (Å²) < 4.78 is 3.42. The molecule has 1 rings (SSSR count). The van der Waals surface area contributed by atoms with Crippen LogP contribution in [0.25, 0.3) is 0 Å². The second-order valence-corrected chi connectivity index (χ2v) is 4.70. The van der Waals surface area contributed by atoms with Crippen LogP contribution in [0.1, 0.15) is 19.5 Å². The molecule has 0 N–H and O–H groups in total. The molecule has 0 fully saturated rings. The van der Waals surface area contributed by atoms with Crippen LogP contribution in [0, 0.1) is 0 Å². The van der Waals surface area contributed by atoms with E-state index in [4.69, 9.17) is 0 Å². The van der Waals surface area contributed by atoms with E-state index in [0.717, 1.165) is 17.4 Å². The van der Waals surface area contributed by atoms with Gasteiger partial charge in [0, 0.05) is 12.1 Å². The van der Waals surface area contributed by atoms with Gasteiger partial charge in [-0.2, -0.15) is 0 Å². The minimum atomic E-state index is 1.07. The van der Waals surface area contributed by atoms with Crippen molar-refractivity contribution in [1.29, 1.82) is 0 Å². The number of hydrogen-bond donors (Lipinski definition) is 0. The van der Waals surface area contributed by atoms with E-state index in [9.17, 15) is 0 Å². The summed E-state index contributed by atoms with van der Waals surface area (Å²) in [6.07, 6.45) is 3.33. The maximum absolute atomic E-state index is 2.33. The fourth-order valence-corrected chi connectivity index (χ4v) is 1.62. The van der Waals surface area contributed by atoms with E-state index in [-0.39, 0.29) is 0 Å². The van der Waals surface area contributed by atoms with Gasteiger partial charge in [0.15, 0.2) is 11.9 Å². The molecule has 0 aliphatic heterocycles. The molecule has 0 atom stereocenters. The highest BCUT2D eigenvalue weighted by Crippen LogP contribution is 2.01. The van der Waals surface area contributed by atoms with Crippen molar-refractivity contribution in [3.8, 4) is 0 Å². The zero-order valence-corrected chi connectivity index (χ0v) is 10.5. The number of quaternary nitrogens is 1. The molecule has 1 aromatic rings. The van der Waals surface area contributed by atoms with Gasteiger partial charge in [0.2, 0.25) is 0 Å². The smallest absolute Gasteiger partial charge is 0.186 e. The summed E-state index contributed by atoms with van der Waals surface area (Å²) in [7, 11) is 4.58. The van der Waals surface area contributed by atoms with Gasteiger partial charge in [-0.25, -0.2) is 4.57 Å². The van der Waals surface area contributed by atoms with Crippen molar-refractivity contribution in [2.24, 2.45) is 0 Å². The zero-order valence-electron chi connectivity index (χ0n) is 10.5. The Morgan fingerprint density at radius 3 is 2.53 bits per heavy atom. The van der Waals surface area contributed by atoms with E-state index in [1.165, 1.54) is 18.8 Å². The van der Waals surface area contributed by atoms with Crippen LogP contribution in [-0.2, 0) is 13.0 Å². The number of aryl methyl sites for hydroxylation is 1. The van der Waals surface area contributed by atoms with Crippen molar-refractivity contribution in [1.82, 2.24) is 0 Å². The lowest BCUT2D eigenvalue weighted by Gasteiger charge is -2.27. The Morgan fingerprint density at radius 2 is 1.93 bits per heavy atom. The number of rotatable bonds is 5. The van der Waals surface area contributed by atoms with Crippen molar-refractivity contribution < 1.29 is 9.05 Å². The minimum Gasteiger partial charge on any atom is -0.328 e. The molecule has 1 aromatic heterocycles. The summed E-state index contributed by atoms with van der Waals surface area (Å²) in [5, 5.41) is 0. The average molecular weight is 208 g/mol. The van der Waals surface area contributed by atoms with Crippen LogP contribution in [0.5, 0.6) is 0 Å². The Kier molecular flexibility index (Phi) is 4.28. The molecule has 1 heterocycles. The van der Waals surface area contributed by atoms with Crippen molar-refractivity contribution in [2.75, 3.05) is 27.2 Å². The molecule has 0 amide bonds. The highest BCUT2D eigenvalue weighted by atomic mass is 15.3. The lowest BCUT2D eigenvalue weighted by atomic mass is 10.2. The van der Waals surface area contributed by atoms with E-state index >= 15 is 0 Å². The summed E-state index contributed by atoms with van der Waals surface area (Å²) in [4.78, 5) is 0. The molecule has 15 heavy (non-hydrogen) atoms. The van der Waals surface area contributed by atoms with E-state index in [1.807, 2.05) is 0 Å². The summed E-state index contributed by atoms with van der Waals surface area (Å²) in [6.45, 7) is 7.91. The number of likely N-dealkylation sites (N-methyl/N-ethyl adjacent to an activating group) is 1. The Morgan fingerprint density at radius 1 is 1.20 bits per heavy atom. The van der Waals surface area contributed by atoms with Gasteiger partial charge >= 0.3 is 0 Å². The minimum absolute atomic E-state index is 1.07. The van der Waals surface area contributed by atoms with Gasteiger partial charge in [-0.05, 0) is 13.8 Å². The molecular weight excluding hydrogens is 184 g/mol. The Labute approximate surface area is 93.8 Å². The first-order chi connectivity index (χ1) is 7.09. The van der Waals surface area contributed by atoms with Crippen molar-refractivity contribution in [2.45, 2.75) is 26.8 Å². The lowest BCUT2D eigenvalue weighted by Crippen LogP contribution is -2.44. The predicted molar refractivity (Wildman–Crippen MR) is 63.5 cm³/mol. The number of hydrogen-bond acceptors (Lipinski definition) is 0. The molecule has 2 nitrogen and oxygen atoms in total. The molecule has 0 aliphatic rings. The van der Waals surface area contributed by atoms with E-state index < -0.39 is 0 Å². The van der Waals surface area contributed by atoms with Gasteiger partial charge in [0.1, 0.15) is 6.54 Å². The van der Waals surface area contributed by atoms with Crippen LogP contribution in [0.3, 0.4) is 0 Å². The second-order valence-electron chi connectivity index (χ2n) is 4.70. The highest BCUT2D eigenvalue weighted by Gasteiger charge is 2.15. The first-order valence-electron chi connectivity index (χ1n) is 5.88. The Hall–Kier alpha value is -0.890. The predicted octanol–water partition coefficient (Wildman–Crippen LogP) is 1.63. The standard InChI is InChI=1S/C13H24N2/c1-5-14-11-8-7-9-13(14)10-12-15(3,4)6-2/h7-9,11H,5-6,10,12H2,1-4H3/q+2. The third-order valence-corrected chi connectivity index (χ3v) is 3.20. The molecular formula is C13H24N2+2. The van der Waals surface area contributed by atoms with E-state index in [0.29, 0.717) is 0 Å². The van der Waals surface area contributed by atoms with Crippen LogP contribution in [-0.4, -0.2) is 31.7 Å². The molecule has 0 aromatic carbocycles. The molecule has 0 aliphatic carbocycles. The Bertz CT molecular complexity index is 305. The number of pyridine rings is 1. The van der Waals surface area contributed by atoms with Gasteiger partial charge < -0.3 is 4.48 Å². The summed E-state index contributed by atoms with van der Waals surface area (Å²) in [6, 6.07) is 6.47. The normalized spacial score (nSPS) is 11.7. The SMILES string of the molecule is CC[n+]1ccccc1CC[N+](C)(C)CC. The molecule has 0 radical (unpaired) electrons. The molecule has 0 spiro atoms. The molecule has 0 unspecified atom stereocenters. The maximum Gasteiger partial charge on any atom is 0.186 e. The lowest BCUT2D eigenvalue weighted by molar-refractivity contribution is -0.889. The van der Waals surface area contributed by atoms with Crippen LogP contribution >= 0.6 is 0 Å². The van der Waals surface area contributed by atoms with Gasteiger partial charge in [-0.15, -0.1) is 0 Å². The van der Waals surface area contributed by atoms with Gasteiger partial charge in [-0.1, -0.05) is 6.07 Å². The Balaban J connectivity index is 2.65. The van der Waals surface area contributed by atoms with Crippen LogP contribution < -0.4 is 4.57 Å². The fraction of sp³-hybridized carbons (Fsp3) is 0.615.